The summed E-state index contributed by atoms with van der Waals surface area (Å²) >= 11 is 6.32. The molecule has 20 heavy (non-hydrogen) atoms. The lowest BCUT2D eigenvalue weighted by Crippen LogP contribution is -2.38. The van der Waals surface area contributed by atoms with Crippen LogP contribution in [0.15, 0.2) is 18.2 Å². The fourth-order valence-electron chi connectivity index (χ4n) is 3.06. The molecule has 4 heteroatoms. The average Bonchev–Trinajstić information content (AvgIpc) is 2.45. The highest BCUT2D eigenvalue weighted by Crippen LogP contribution is 2.41. The largest absolute Gasteiger partial charge is 0.378 e. The SMILES string of the molecule is CN(C)c1c(Cl)cccc1NC1CC(C)(C)OC1(C)C. The third-order valence-corrected chi connectivity index (χ3v) is 4.14. The fraction of sp³-hybridized carbons (Fsp3) is 0.625. The van der Waals surface area contributed by atoms with Gasteiger partial charge in [-0.3, -0.25) is 0 Å². The van der Waals surface area contributed by atoms with Crippen LogP contribution < -0.4 is 10.2 Å². The zero-order chi connectivity index (χ0) is 15.1. The van der Waals surface area contributed by atoms with Gasteiger partial charge in [-0.2, -0.15) is 0 Å². The number of nitrogens with one attached hydrogen (secondary N) is 1. The number of para-hydroxylation sites is 1. The van der Waals surface area contributed by atoms with Crippen LogP contribution in [0.25, 0.3) is 0 Å². The minimum Gasteiger partial charge on any atom is -0.378 e. The summed E-state index contributed by atoms with van der Waals surface area (Å²) in [4.78, 5) is 2.04. The van der Waals surface area contributed by atoms with Crippen molar-refractivity contribution in [1.29, 1.82) is 0 Å². The summed E-state index contributed by atoms with van der Waals surface area (Å²) in [6, 6.07) is 6.23. The molecule has 1 atom stereocenters. The molecule has 0 saturated carbocycles. The number of rotatable bonds is 3. The van der Waals surface area contributed by atoms with E-state index in [0.717, 1.165) is 22.8 Å². The van der Waals surface area contributed by atoms with Crippen LogP contribution in [0.4, 0.5) is 11.4 Å². The van der Waals surface area contributed by atoms with Gasteiger partial charge in [0.25, 0.3) is 0 Å². The number of nitrogens with zero attached hydrogens (tertiary/aromatic N) is 1. The van der Waals surface area contributed by atoms with E-state index in [0.29, 0.717) is 0 Å². The molecular formula is C16H25ClN2O. The molecule has 112 valence electrons. The molecule has 0 aliphatic carbocycles. The van der Waals surface area contributed by atoms with E-state index in [-0.39, 0.29) is 17.2 Å². The zero-order valence-electron chi connectivity index (χ0n) is 13.2. The number of hydrogen-bond acceptors (Lipinski definition) is 3. The van der Waals surface area contributed by atoms with Gasteiger partial charge in [0.2, 0.25) is 0 Å². The molecular weight excluding hydrogens is 272 g/mol. The van der Waals surface area contributed by atoms with Gasteiger partial charge in [0.05, 0.1) is 33.6 Å². The Balaban J connectivity index is 2.29. The molecule has 1 saturated heterocycles. The van der Waals surface area contributed by atoms with Gasteiger partial charge in [0.1, 0.15) is 0 Å². The van der Waals surface area contributed by atoms with Gasteiger partial charge in [0.15, 0.2) is 0 Å². The Hall–Kier alpha value is -0.930. The monoisotopic (exact) mass is 296 g/mol. The van der Waals surface area contributed by atoms with E-state index in [1.54, 1.807) is 0 Å². The summed E-state index contributed by atoms with van der Waals surface area (Å²) < 4.78 is 6.14. The van der Waals surface area contributed by atoms with Gasteiger partial charge in [-0.25, -0.2) is 0 Å². The molecule has 0 aromatic heterocycles. The summed E-state index contributed by atoms with van der Waals surface area (Å²) in [6.45, 7) is 8.56. The number of ether oxygens (including phenoxy) is 1. The minimum absolute atomic E-state index is 0.0992. The normalized spacial score (nSPS) is 23.6. The Morgan fingerprint density at radius 3 is 2.40 bits per heavy atom. The quantitative estimate of drug-likeness (QED) is 0.906. The zero-order valence-corrected chi connectivity index (χ0v) is 14.0. The van der Waals surface area contributed by atoms with Crippen molar-refractivity contribution in [3.63, 3.8) is 0 Å². The maximum Gasteiger partial charge on any atom is 0.0834 e. The lowest BCUT2D eigenvalue weighted by Gasteiger charge is -2.30. The third kappa shape index (κ3) is 3.04. The predicted molar refractivity (Wildman–Crippen MR) is 87.0 cm³/mol. The molecule has 1 fully saturated rings. The van der Waals surface area contributed by atoms with E-state index in [2.05, 4.69) is 39.1 Å². The third-order valence-electron chi connectivity index (χ3n) is 3.84. The molecule has 0 radical (unpaired) electrons. The van der Waals surface area contributed by atoms with Gasteiger partial charge >= 0.3 is 0 Å². The van der Waals surface area contributed by atoms with Crippen molar-refractivity contribution in [3.05, 3.63) is 23.2 Å². The number of anilines is 2. The van der Waals surface area contributed by atoms with Gasteiger partial charge < -0.3 is 15.0 Å². The molecule has 0 amide bonds. The second-order valence-electron chi connectivity index (χ2n) is 6.90. The Bertz CT molecular complexity index is 497. The molecule has 0 spiro atoms. The summed E-state index contributed by atoms with van der Waals surface area (Å²) in [7, 11) is 4.01. The predicted octanol–water partition coefficient (Wildman–Crippen LogP) is 4.16. The molecule has 3 nitrogen and oxygen atoms in total. The van der Waals surface area contributed by atoms with Crippen molar-refractivity contribution >= 4 is 23.0 Å². The van der Waals surface area contributed by atoms with E-state index in [4.69, 9.17) is 16.3 Å². The summed E-state index contributed by atoms with van der Waals surface area (Å²) in [6.07, 6.45) is 0.972. The molecule has 1 aliphatic rings. The lowest BCUT2D eigenvalue weighted by molar-refractivity contribution is -0.0662. The van der Waals surface area contributed by atoms with Gasteiger partial charge in [0, 0.05) is 14.1 Å². The van der Waals surface area contributed by atoms with Crippen LogP contribution >= 0.6 is 11.6 Å². The first-order chi connectivity index (χ1) is 9.12. The first kappa shape index (κ1) is 15.5. The topological polar surface area (TPSA) is 24.5 Å². The van der Waals surface area contributed by atoms with Crippen molar-refractivity contribution in [2.24, 2.45) is 0 Å². The molecule has 1 aromatic rings. The number of halogens is 1. The molecule has 1 unspecified atom stereocenters. The van der Waals surface area contributed by atoms with E-state index in [9.17, 15) is 0 Å². The van der Waals surface area contributed by atoms with Gasteiger partial charge in [-0.05, 0) is 46.2 Å². The Kier molecular flexibility index (Phi) is 3.96. The first-order valence-electron chi connectivity index (χ1n) is 7.05. The highest BCUT2D eigenvalue weighted by molar-refractivity contribution is 6.34. The maximum atomic E-state index is 6.32. The fourth-order valence-corrected chi connectivity index (χ4v) is 3.40. The van der Waals surface area contributed by atoms with Crippen LogP contribution in [-0.2, 0) is 4.74 Å². The standard InChI is InChI=1S/C16H25ClN2O/c1-15(2)10-13(16(3,4)20-15)18-12-9-7-8-11(17)14(12)19(5)6/h7-9,13,18H,10H2,1-6H3. The van der Waals surface area contributed by atoms with Crippen molar-refractivity contribution < 1.29 is 4.74 Å². The van der Waals surface area contributed by atoms with Gasteiger partial charge in [-0.1, -0.05) is 17.7 Å². The maximum absolute atomic E-state index is 6.32. The van der Waals surface area contributed by atoms with Crippen LogP contribution in [0.3, 0.4) is 0 Å². The Labute approximate surface area is 127 Å². The summed E-state index contributed by atoms with van der Waals surface area (Å²) in [5, 5.41) is 4.39. The van der Waals surface area contributed by atoms with Crippen LogP contribution in [-0.4, -0.2) is 31.3 Å². The van der Waals surface area contributed by atoms with E-state index in [1.165, 1.54) is 0 Å². The summed E-state index contributed by atoms with van der Waals surface area (Å²) in [5.74, 6) is 0. The molecule has 0 bridgehead atoms. The highest BCUT2D eigenvalue weighted by Gasteiger charge is 2.46. The van der Waals surface area contributed by atoms with Crippen molar-refractivity contribution in [3.8, 4) is 0 Å². The molecule has 1 N–H and O–H groups in total. The van der Waals surface area contributed by atoms with Crippen molar-refractivity contribution in [2.45, 2.75) is 51.4 Å². The Morgan fingerprint density at radius 1 is 1.25 bits per heavy atom. The Morgan fingerprint density at radius 2 is 1.90 bits per heavy atom. The first-order valence-corrected chi connectivity index (χ1v) is 7.43. The highest BCUT2D eigenvalue weighted by atomic mass is 35.5. The van der Waals surface area contributed by atoms with Crippen LogP contribution in [0, 0.1) is 0 Å². The van der Waals surface area contributed by atoms with Crippen LogP contribution in [0.1, 0.15) is 34.1 Å². The van der Waals surface area contributed by atoms with Crippen molar-refractivity contribution in [1.82, 2.24) is 0 Å². The molecule has 1 heterocycles. The van der Waals surface area contributed by atoms with E-state index in [1.807, 2.05) is 31.1 Å². The second kappa shape index (κ2) is 5.12. The average molecular weight is 297 g/mol. The lowest BCUT2D eigenvalue weighted by atomic mass is 9.94. The van der Waals surface area contributed by atoms with E-state index < -0.39 is 0 Å². The van der Waals surface area contributed by atoms with Gasteiger partial charge in [-0.15, -0.1) is 0 Å². The smallest absolute Gasteiger partial charge is 0.0834 e. The summed E-state index contributed by atoms with van der Waals surface area (Å²) in [5.41, 5.74) is 1.78. The molecule has 1 aromatic carbocycles. The van der Waals surface area contributed by atoms with Crippen LogP contribution in [0.2, 0.25) is 5.02 Å². The van der Waals surface area contributed by atoms with Crippen LogP contribution in [0.5, 0.6) is 0 Å². The number of benzene rings is 1. The molecule has 1 aliphatic heterocycles. The van der Waals surface area contributed by atoms with Crippen molar-refractivity contribution in [2.75, 3.05) is 24.3 Å². The van der Waals surface area contributed by atoms with E-state index >= 15 is 0 Å². The number of hydrogen-bond donors (Lipinski definition) is 1. The second-order valence-corrected chi connectivity index (χ2v) is 7.30. The molecule has 2 rings (SSSR count). The minimum atomic E-state index is -0.199.